The Morgan fingerprint density at radius 2 is 1.39 bits per heavy atom. The molecular formula is C35H58N4O9S. The summed E-state index contributed by atoms with van der Waals surface area (Å²) >= 11 is 1.26. The number of nitrogens with zero attached hydrogens (tertiary/aromatic N) is 1. The first-order valence-electron chi connectivity index (χ1n) is 17.8. The Balaban J connectivity index is 2.18. The second kappa shape index (κ2) is 21.0. The lowest BCUT2D eigenvalue weighted by Crippen LogP contribution is -2.71. The molecule has 4 atom stereocenters. The van der Waals surface area contributed by atoms with E-state index in [0.717, 1.165) is 69.1 Å². The van der Waals surface area contributed by atoms with E-state index in [2.05, 4.69) is 29.8 Å². The number of esters is 1. The van der Waals surface area contributed by atoms with Crippen molar-refractivity contribution in [3.63, 3.8) is 0 Å². The summed E-state index contributed by atoms with van der Waals surface area (Å²) < 4.78 is 10.4. The number of carbonyl (C=O) groups excluding carboxylic acids is 5. The van der Waals surface area contributed by atoms with Crippen LogP contribution in [0.15, 0.2) is 11.3 Å². The molecule has 14 heteroatoms. The lowest BCUT2D eigenvalue weighted by Gasteiger charge is -2.49. The minimum absolute atomic E-state index is 0.199. The zero-order valence-electron chi connectivity index (χ0n) is 30.2. The molecule has 0 radical (unpaired) electrons. The number of carbonyl (C=O) groups is 6. The molecule has 2 heterocycles. The fourth-order valence-electron chi connectivity index (χ4n) is 5.75. The number of ether oxygens (including phenoxy) is 2. The number of thioether (sulfide) groups is 1. The van der Waals surface area contributed by atoms with Crippen LogP contribution >= 0.6 is 11.8 Å². The van der Waals surface area contributed by atoms with Crippen LogP contribution < -0.4 is 16.0 Å². The van der Waals surface area contributed by atoms with Crippen molar-refractivity contribution in [3.05, 3.63) is 11.3 Å². The molecule has 0 saturated carbocycles. The summed E-state index contributed by atoms with van der Waals surface area (Å²) in [4.78, 5) is 77.8. The summed E-state index contributed by atoms with van der Waals surface area (Å²) in [5.74, 6) is -3.36. The normalized spacial score (nSPS) is 18.5. The van der Waals surface area contributed by atoms with E-state index in [1.165, 1.54) is 18.7 Å². The van der Waals surface area contributed by atoms with Gasteiger partial charge in [-0.3, -0.25) is 24.1 Å². The van der Waals surface area contributed by atoms with Crippen LogP contribution in [0, 0.1) is 0 Å². The highest BCUT2D eigenvalue weighted by molar-refractivity contribution is 8.00. The van der Waals surface area contributed by atoms with E-state index in [1.54, 1.807) is 20.8 Å². The number of carboxylic acids is 1. The predicted octanol–water partition coefficient (Wildman–Crippen LogP) is 5.17. The van der Waals surface area contributed by atoms with Crippen molar-refractivity contribution < 1.29 is 43.3 Å². The van der Waals surface area contributed by atoms with Gasteiger partial charge in [-0.1, -0.05) is 90.9 Å². The predicted molar refractivity (Wildman–Crippen MR) is 187 cm³/mol. The fourth-order valence-corrected chi connectivity index (χ4v) is 7.08. The first-order chi connectivity index (χ1) is 23.2. The molecule has 2 aliphatic heterocycles. The molecule has 0 aromatic heterocycles. The van der Waals surface area contributed by atoms with Crippen molar-refractivity contribution >= 4 is 47.5 Å². The second-order valence-corrected chi connectivity index (χ2v) is 14.9. The van der Waals surface area contributed by atoms with Gasteiger partial charge in [0.15, 0.2) is 0 Å². The molecule has 0 aromatic rings. The molecular weight excluding hydrogens is 652 g/mol. The van der Waals surface area contributed by atoms with Crippen molar-refractivity contribution in [2.75, 3.05) is 12.4 Å². The van der Waals surface area contributed by atoms with E-state index < -0.39 is 64.9 Å². The molecule has 13 nitrogen and oxygen atoms in total. The second-order valence-electron chi connectivity index (χ2n) is 13.8. The van der Waals surface area contributed by atoms with Gasteiger partial charge in [-0.2, -0.15) is 0 Å². The van der Waals surface area contributed by atoms with Crippen LogP contribution in [0.4, 0.5) is 4.79 Å². The third kappa shape index (κ3) is 14.2. The summed E-state index contributed by atoms with van der Waals surface area (Å²) in [5.41, 5.74) is -0.713. The van der Waals surface area contributed by atoms with Crippen LogP contribution in [0.5, 0.6) is 0 Å². The maximum absolute atomic E-state index is 13.7. The first-order valence-corrected chi connectivity index (χ1v) is 18.9. The van der Waals surface area contributed by atoms with Crippen LogP contribution in [-0.4, -0.2) is 87.2 Å². The van der Waals surface area contributed by atoms with E-state index in [-0.39, 0.29) is 18.1 Å². The summed E-state index contributed by atoms with van der Waals surface area (Å²) in [7, 11) is 0. The highest BCUT2D eigenvalue weighted by Crippen LogP contribution is 2.40. The van der Waals surface area contributed by atoms with E-state index >= 15 is 0 Å². The summed E-state index contributed by atoms with van der Waals surface area (Å²) in [6.07, 6.45) is 11.8. The molecule has 0 bridgehead atoms. The number of fused-ring (bicyclic) bond motifs is 1. The van der Waals surface area contributed by atoms with Gasteiger partial charge in [0, 0.05) is 18.2 Å². The van der Waals surface area contributed by atoms with Gasteiger partial charge in [0.25, 0.3) is 5.91 Å². The van der Waals surface area contributed by atoms with Crippen LogP contribution in [-0.2, 0) is 33.4 Å². The highest BCUT2D eigenvalue weighted by Gasteiger charge is 2.54. The summed E-state index contributed by atoms with van der Waals surface area (Å²) in [5, 5.41) is 17.5. The Morgan fingerprint density at radius 3 is 1.90 bits per heavy atom. The van der Waals surface area contributed by atoms with Gasteiger partial charge in [-0.05, 0) is 33.6 Å². The number of aliphatic carboxylic acids is 1. The Hall–Kier alpha value is -3.29. The molecule has 49 heavy (non-hydrogen) atoms. The smallest absolute Gasteiger partial charge is 0.408 e. The summed E-state index contributed by atoms with van der Waals surface area (Å²) in [6.45, 7) is 10.4. The zero-order valence-corrected chi connectivity index (χ0v) is 31.0. The van der Waals surface area contributed by atoms with Crippen LogP contribution in [0.2, 0.25) is 0 Å². The Morgan fingerprint density at radius 1 is 0.857 bits per heavy atom. The molecule has 4 amide bonds. The number of hydrogen-bond acceptors (Lipinski definition) is 9. The molecule has 0 aliphatic carbocycles. The number of unbranched alkanes of at least 4 members (excludes halogenated alkanes) is 10. The van der Waals surface area contributed by atoms with Crippen molar-refractivity contribution in [1.82, 2.24) is 20.9 Å². The standard InChI is InChI=1S/C35H58N4O9S/c1-7-9-11-13-15-17-19-25(36-29(41)26(20-18-16-14-12-10-8-2)37-34(46)48-35(4,5)6)30(42)38-27-31(43)39-28(33(44)45)24(21-47-23(3)40)22-49-32(27)39/h25-27,32H,7-22H2,1-6H3,(H,36,41)(H,37,46)(H,38,42)(H,44,45)/t25?,26?,27-,32-/m1/s1. The van der Waals surface area contributed by atoms with E-state index in [0.29, 0.717) is 31.3 Å². The minimum atomic E-state index is -1.33. The lowest BCUT2D eigenvalue weighted by atomic mass is 10.0. The van der Waals surface area contributed by atoms with Crippen molar-refractivity contribution in [2.24, 2.45) is 0 Å². The third-order valence-electron chi connectivity index (χ3n) is 8.33. The van der Waals surface area contributed by atoms with Crippen molar-refractivity contribution in [3.8, 4) is 0 Å². The molecule has 4 N–H and O–H groups in total. The van der Waals surface area contributed by atoms with Gasteiger partial charge < -0.3 is 30.5 Å². The zero-order chi connectivity index (χ0) is 36.6. The molecule has 1 saturated heterocycles. The van der Waals surface area contributed by atoms with Gasteiger partial charge in [0.1, 0.15) is 41.4 Å². The number of rotatable bonds is 22. The first kappa shape index (κ1) is 41.9. The van der Waals surface area contributed by atoms with E-state index in [4.69, 9.17) is 9.47 Å². The van der Waals surface area contributed by atoms with Crippen LogP contribution in [0.1, 0.15) is 131 Å². The largest absolute Gasteiger partial charge is 0.477 e. The monoisotopic (exact) mass is 710 g/mol. The summed E-state index contributed by atoms with van der Waals surface area (Å²) in [6, 6.07) is -2.89. The Kier molecular flexibility index (Phi) is 18.0. The Bertz CT molecular complexity index is 1190. The molecule has 2 rings (SSSR count). The van der Waals surface area contributed by atoms with Crippen LogP contribution in [0.25, 0.3) is 0 Å². The number of amides is 4. The van der Waals surface area contributed by atoms with Gasteiger partial charge in [0.2, 0.25) is 11.8 Å². The number of nitrogens with one attached hydrogen (secondary N) is 3. The topological polar surface area (TPSA) is 180 Å². The third-order valence-corrected chi connectivity index (χ3v) is 9.67. The molecule has 2 aliphatic rings. The fraction of sp³-hybridized carbons (Fsp3) is 0.771. The van der Waals surface area contributed by atoms with Crippen LogP contribution in [0.3, 0.4) is 0 Å². The number of β-lactam (4-membered cyclic amide) rings is 1. The maximum Gasteiger partial charge on any atom is 0.408 e. The molecule has 2 unspecified atom stereocenters. The Labute approximate surface area is 295 Å². The maximum atomic E-state index is 13.7. The van der Waals surface area contributed by atoms with Gasteiger partial charge in [0.05, 0.1) is 0 Å². The van der Waals surface area contributed by atoms with Gasteiger partial charge in [-0.25, -0.2) is 9.59 Å². The minimum Gasteiger partial charge on any atom is -0.477 e. The van der Waals surface area contributed by atoms with E-state index in [1.807, 2.05) is 0 Å². The lowest BCUT2D eigenvalue weighted by molar-refractivity contribution is -0.151. The average Bonchev–Trinajstić information content (AvgIpc) is 3.02. The van der Waals surface area contributed by atoms with Gasteiger partial charge in [-0.15, -0.1) is 11.8 Å². The van der Waals surface area contributed by atoms with E-state index in [9.17, 15) is 33.9 Å². The average molecular weight is 711 g/mol. The van der Waals surface area contributed by atoms with Crippen molar-refractivity contribution in [1.29, 1.82) is 0 Å². The number of hydrogen-bond donors (Lipinski definition) is 4. The number of carboxylic acid groups (broad SMARTS) is 1. The molecule has 0 spiro atoms. The highest BCUT2D eigenvalue weighted by atomic mass is 32.2. The van der Waals surface area contributed by atoms with Gasteiger partial charge >= 0.3 is 18.0 Å². The quantitative estimate of drug-likeness (QED) is 0.0665. The van der Waals surface area contributed by atoms with Crippen molar-refractivity contribution in [2.45, 2.75) is 161 Å². The SMILES string of the molecule is CCCCCCCCC(NC(=O)OC(C)(C)C)C(=O)NC(CCCCCCCC)C(=O)N[C@@H]1C(=O)N2C(C(=O)O)=C(COC(C)=O)CS[C@H]12. The number of alkyl carbamates (subject to hydrolysis) is 1. The molecule has 1 fully saturated rings. The molecule has 0 aromatic carbocycles. The molecule has 278 valence electrons.